The lowest BCUT2D eigenvalue weighted by atomic mass is 10.1. The minimum atomic E-state index is 0.134. The summed E-state index contributed by atoms with van der Waals surface area (Å²) >= 11 is 1.58. The van der Waals surface area contributed by atoms with Crippen LogP contribution in [0, 0.1) is 5.92 Å². The molecule has 4 rings (SSSR count). The molecule has 31 heavy (non-hydrogen) atoms. The Balaban J connectivity index is 1.41. The molecule has 1 fully saturated rings. The van der Waals surface area contributed by atoms with Crippen molar-refractivity contribution in [3.05, 3.63) is 60.0 Å². The molecular weight excluding hydrogens is 404 g/mol. The zero-order valence-electron chi connectivity index (χ0n) is 18.5. The first-order chi connectivity index (χ1) is 15.1. The summed E-state index contributed by atoms with van der Waals surface area (Å²) in [6.45, 7) is 2.22. The van der Waals surface area contributed by atoms with Gasteiger partial charge >= 0.3 is 0 Å². The Kier molecular flexibility index (Phi) is 6.76. The second-order valence-electron chi connectivity index (χ2n) is 8.45. The quantitative estimate of drug-likeness (QED) is 0.449. The normalized spacial score (nSPS) is 17.5. The van der Waals surface area contributed by atoms with E-state index in [1.54, 1.807) is 23.0 Å². The Morgan fingerprint density at radius 3 is 2.61 bits per heavy atom. The highest BCUT2D eigenvalue weighted by molar-refractivity contribution is 7.99. The molecule has 2 aromatic heterocycles. The number of pyridine rings is 1. The maximum absolute atomic E-state index is 12.2. The van der Waals surface area contributed by atoms with E-state index in [0.29, 0.717) is 5.92 Å². The van der Waals surface area contributed by atoms with E-state index in [1.165, 1.54) is 30.4 Å². The molecule has 0 bridgehead atoms. The van der Waals surface area contributed by atoms with Crippen LogP contribution in [0.1, 0.15) is 49.7 Å². The molecule has 2 heterocycles. The Morgan fingerprint density at radius 1 is 1.13 bits per heavy atom. The van der Waals surface area contributed by atoms with Gasteiger partial charge in [-0.15, -0.1) is 0 Å². The lowest BCUT2D eigenvalue weighted by Gasteiger charge is -2.10. The van der Waals surface area contributed by atoms with Gasteiger partial charge in [-0.25, -0.2) is 9.97 Å². The monoisotopic (exact) mass is 434 g/mol. The number of unbranched alkanes of at least 4 members (excludes halogenated alkanes) is 2. The van der Waals surface area contributed by atoms with Gasteiger partial charge in [0, 0.05) is 31.8 Å². The summed E-state index contributed by atoms with van der Waals surface area (Å²) in [4.78, 5) is 26.3. The van der Waals surface area contributed by atoms with Gasteiger partial charge in [-0.2, -0.15) is 0 Å². The summed E-state index contributed by atoms with van der Waals surface area (Å²) < 4.78 is 0. The molecule has 1 N–H and O–H groups in total. The fraction of sp³-hybridized carbons (Fsp3) is 0.400. The van der Waals surface area contributed by atoms with E-state index in [-0.39, 0.29) is 11.8 Å². The van der Waals surface area contributed by atoms with Crippen molar-refractivity contribution >= 4 is 17.7 Å². The number of hydrogen-bond donors (Lipinski definition) is 1. The molecule has 162 valence electrons. The highest BCUT2D eigenvalue weighted by Gasteiger charge is 2.44. The smallest absolute Gasteiger partial charge is 0.225 e. The van der Waals surface area contributed by atoms with Crippen LogP contribution in [0.5, 0.6) is 0 Å². The number of carbonyl (C=O) groups is 1. The zero-order valence-corrected chi connectivity index (χ0v) is 19.3. The summed E-state index contributed by atoms with van der Waals surface area (Å²) in [6, 6.07) is 12.8. The lowest BCUT2D eigenvalue weighted by Crippen LogP contribution is -2.23. The molecule has 1 saturated carbocycles. The van der Waals surface area contributed by atoms with Crippen LogP contribution >= 0.6 is 11.8 Å². The Labute approximate surface area is 188 Å². The van der Waals surface area contributed by atoms with E-state index in [4.69, 9.17) is 0 Å². The molecular formula is C25H30N4OS. The van der Waals surface area contributed by atoms with Crippen molar-refractivity contribution in [2.24, 2.45) is 5.92 Å². The number of carbonyl (C=O) groups excluding carboxylic acids is 1. The van der Waals surface area contributed by atoms with Crippen molar-refractivity contribution < 1.29 is 4.79 Å². The van der Waals surface area contributed by atoms with Gasteiger partial charge in [0.2, 0.25) is 5.91 Å². The van der Waals surface area contributed by atoms with Gasteiger partial charge in [-0.05, 0) is 54.1 Å². The number of nitrogens with one attached hydrogen (secondary N) is 1. The van der Waals surface area contributed by atoms with Crippen LogP contribution in [-0.4, -0.2) is 39.9 Å². The van der Waals surface area contributed by atoms with Gasteiger partial charge in [-0.1, -0.05) is 50.1 Å². The Hall–Kier alpha value is -2.60. The molecule has 1 aliphatic rings. The van der Waals surface area contributed by atoms with E-state index in [9.17, 15) is 4.79 Å². The molecule has 0 radical (unpaired) electrons. The first-order valence-electron chi connectivity index (χ1n) is 11.0. The van der Waals surface area contributed by atoms with Crippen molar-refractivity contribution in [3.8, 4) is 11.3 Å². The van der Waals surface area contributed by atoms with Crippen LogP contribution in [0.15, 0.2) is 59.0 Å². The lowest BCUT2D eigenvalue weighted by molar-refractivity contribution is -0.130. The first-order valence-corrected chi connectivity index (χ1v) is 11.9. The highest BCUT2D eigenvalue weighted by Crippen LogP contribution is 2.48. The minimum Gasteiger partial charge on any atom is -0.349 e. The van der Waals surface area contributed by atoms with Crippen molar-refractivity contribution in [3.63, 3.8) is 0 Å². The fourth-order valence-corrected chi connectivity index (χ4v) is 4.75. The summed E-state index contributed by atoms with van der Waals surface area (Å²) in [7, 11) is 3.65. The standard InChI is InChI=1S/C25H30N4OS/c1-4-5-6-7-17-8-13-22(26-15-17)31-24-23(27-16-28-24)19-11-9-18(10-12-19)20-14-21(20)25(30)29(2)3/h8-13,15-16,20-21H,4-7,14H2,1-3H3,(H,27,28). The van der Waals surface area contributed by atoms with Crippen LogP contribution in [0.2, 0.25) is 0 Å². The van der Waals surface area contributed by atoms with Gasteiger partial charge in [0.25, 0.3) is 0 Å². The maximum atomic E-state index is 12.2. The fourth-order valence-electron chi connectivity index (χ4n) is 3.93. The summed E-state index contributed by atoms with van der Waals surface area (Å²) in [5.74, 6) is 0.708. The predicted octanol–water partition coefficient (Wildman–Crippen LogP) is 5.55. The average molecular weight is 435 g/mol. The predicted molar refractivity (Wildman–Crippen MR) is 125 cm³/mol. The Morgan fingerprint density at radius 2 is 1.94 bits per heavy atom. The number of nitrogens with zero attached hydrogens (tertiary/aromatic N) is 3. The number of H-pyrrole nitrogens is 1. The average Bonchev–Trinajstić information content (AvgIpc) is 3.45. The van der Waals surface area contributed by atoms with Crippen molar-refractivity contribution in [1.29, 1.82) is 0 Å². The minimum absolute atomic E-state index is 0.134. The topological polar surface area (TPSA) is 61.9 Å². The molecule has 2 unspecified atom stereocenters. The summed E-state index contributed by atoms with van der Waals surface area (Å²) in [5.41, 5.74) is 4.62. The van der Waals surface area contributed by atoms with Crippen LogP contribution < -0.4 is 0 Å². The van der Waals surface area contributed by atoms with E-state index in [2.05, 4.69) is 58.3 Å². The van der Waals surface area contributed by atoms with Crippen molar-refractivity contribution in [2.45, 2.75) is 55.0 Å². The van der Waals surface area contributed by atoms with Crippen molar-refractivity contribution in [1.82, 2.24) is 19.9 Å². The van der Waals surface area contributed by atoms with Gasteiger partial charge in [0.1, 0.15) is 10.1 Å². The maximum Gasteiger partial charge on any atom is 0.225 e. The number of amides is 1. The van der Waals surface area contributed by atoms with Gasteiger partial charge in [0.15, 0.2) is 0 Å². The van der Waals surface area contributed by atoms with Gasteiger partial charge < -0.3 is 9.88 Å². The molecule has 1 aromatic carbocycles. The second kappa shape index (κ2) is 9.69. The van der Waals surface area contributed by atoms with Crippen LogP contribution in [0.25, 0.3) is 11.3 Å². The molecule has 1 aliphatic carbocycles. The van der Waals surface area contributed by atoms with Crippen LogP contribution in [0.3, 0.4) is 0 Å². The van der Waals surface area contributed by atoms with E-state index in [0.717, 1.165) is 34.2 Å². The molecule has 2 atom stereocenters. The highest BCUT2D eigenvalue weighted by atomic mass is 32.2. The Bertz CT molecular complexity index is 1010. The second-order valence-corrected chi connectivity index (χ2v) is 9.46. The molecule has 0 saturated heterocycles. The molecule has 6 heteroatoms. The molecule has 5 nitrogen and oxygen atoms in total. The number of aryl methyl sites for hydroxylation is 1. The molecule has 3 aromatic rings. The van der Waals surface area contributed by atoms with E-state index >= 15 is 0 Å². The largest absolute Gasteiger partial charge is 0.349 e. The summed E-state index contributed by atoms with van der Waals surface area (Å²) in [6.07, 6.45) is 9.47. The van der Waals surface area contributed by atoms with Gasteiger partial charge in [0.05, 0.1) is 12.0 Å². The molecule has 1 amide bonds. The van der Waals surface area contributed by atoms with Crippen molar-refractivity contribution in [2.75, 3.05) is 14.1 Å². The molecule has 0 spiro atoms. The third-order valence-electron chi connectivity index (χ3n) is 5.85. The number of benzene rings is 1. The third-order valence-corrected chi connectivity index (χ3v) is 6.80. The number of hydrogen-bond acceptors (Lipinski definition) is 4. The number of rotatable bonds is 9. The SMILES string of the molecule is CCCCCc1ccc(Sc2nc[nH]c2-c2ccc(C3CC3C(=O)N(C)C)cc2)nc1. The van der Waals surface area contributed by atoms with E-state index in [1.807, 2.05) is 20.3 Å². The number of imidazole rings is 1. The van der Waals surface area contributed by atoms with Crippen LogP contribution in [-0.2, 0) is 11.2 Å². The van der Waals surface area contributed by atoms with Crippen LogP contribution in [0.4, 0.5) is 0 Å². The third kappa shape index (κ3) is 5.18. The van der Waals surface area contributed by atoms with E-state index < -0.39 is 0 Å². The first kappa shape index (κ1) is 21.6. The zero-order chi connectivity index (χ0) is 21.8. The number of aromatic nitrogens is 3. The van der Waals surface area contributed by atoms with Gasteiger partial charge in [-0.3, -0.25) is 4.79 Å². The number of aromatic amines is 1. The molecule has 0 aliphatic heterocycles. The summed E-state index contributed by atoms with van der Waals surface area (Å²) in [5, 5.41) is 1.87.